The van der Waals surface area contributed by atoms with Crippen molar-refractivity contribution in [2.45, 2.75) is 52.1 Å². The molecule has 0 N–H and O–H groups in total. The van der Waals surface area contributed by atoms with Crippen LogP contribution in [0.1, 0.15) is 57.1 Å². The average molecular weight is 407 g/mol. The van der Waals surface area contributed by atoms with E-state index >= 15 is 0 Å². The molecule has 2 aliphatic rings. The molecule has 3 rings (SSSR count). The second-order valence-corrected chi connectivity index (χ2v) is 7.95. The van der Waals surface area contributed by atoms with Crippen molar-refractivity contribution in [1.29, 1.82) is 0 Å². The molecular formula is C22H24F3NO3. The Labute approximate surface area is 167 Å². The second kappa shape index (κ2) is 8.13. The predicted octanol–water partition coefficient (Wildman–Crippen LogP) is 5.09. The number of nitrogens with zero attached hydrogens (tertiary/aromatic N) is 1. The van der Waals surface area contributed by atoms with Crippen molar-refractivity contribution in [1.82, 2.24) is 0 Å². The molecule has 29 heavy (non-hydrogen) atoms. The number of ketones is 1. The van der Waals surface area contributed by atoms with Crippen LogP contribution in [0.4, 0.5) is 13.2 Å². The topological polar surface area (TPSA) is 55.7 Å². The van der Waals surface area contributed by atoms with Crippen LogP contribution in [-0.4, -0.2) is 24.1 Å². The van der Waals surface area contributed by atoms with Crippen LogP contribution in [0.5, 0.6) is 0 Å². The smallest absolute Gasteiger partial charge is 0.416 e. The van der Waals surface area contributed by atoms with Gasteiger partial charge in [0.1, 0.15) is 5.92 Å². The molecule has 1 aliphatic heterocycles. The van der Waals surface area contributed by atoms with Crippen LogP contribution < -0.4 is 0 Å². The molecule has 0 saturated heterocycles. The molecule has 0 spiro atoms. The van der Waals surface area contributed by atoms with Crippen molar-refractivity contribution in [3.63, 3.8) is 0 Å². The average Bonchev–Trinajstić information content (AvgIpc) is 2.64. The molecule has 1 heterocycles. The van der Waals surface area contributed by atoms with Gasteiger partial charge in [0.05, 0.1) is 12.2 Å². The van der Waals surface area contributed by atoms with Crippen molar-refractivity contribution in [3.05, 3.63) is 46.7 Å². The van der Waals surface area contributed by atoms with Crippen LogP contribution in [0.3, 0.4) is 0 Å². The Kier molecular flexibility index (Phi) is 5.96. The highest BCUT2D eigenvalue weighted by molar-refractivity contribution is 6.08. The first-order valence-electron chi connectivity index (χ1n) is 9.75. The van der Waals surface area contributed by atoms with Gasteiger partial charge >= 0.3 is 12.1 Å². The van der Waals surface area contributed by atoms with E-state index in [4.69, 9.17) is 4.74 Å². The molecule has 0 aromatic heterocycles. The predicted molar refractivity (Wildman–Crippen MR) is 102 cm³/mol. The molecule has 0 radical (unpaired) electrons. The Balaban J connectivity index is 2.17. The first kappa shape index (κ1) is 21.3. The number of rotatable bonds is 4. The van der Waals surface area contributed by atoms with Gasteiger partial charge in [-0.2, -0.15) is 13.2 Å². The molecule has 7 heteroatoms. The number of allylic oxidation sites excluding steroid dienone is 2. The van der Waals surface area contributed by atoms with Crippen LogP contribution in [0.25, 0.3) is 0 Å². The lowest BCUT2D eigenvalue weighted by atomic mass is 9.70. The summed E-state index contributed by atoms with van der Waals surface area (Å²) in [6, 6.07) is 5.14. The van der Waals surface area contributed by atoms with Crippen molar-refractivity contribution in [2.24, 2.45) is 16.8 Å². The zero-order valence-electron chi connectivity index (χ0n) is 16.7. The minimum atomic E-state index is -4.61. The van der Waals surface area contributed by atoms with Crippen molar-refractivity contribution in [3.8, 4) is 0 Å². The minimum absolute atomic E-state index is 0.0757. The van der Waals surface area contributed by atoms with E-state index in [-0.39, 0.29) is 35.9 Å². The molecule has 0 amide bonds. The maximum atomic E-state index is 13.8. The van der Waals surface area contributed by atoms with Gasteiger partial charge < -0.3 is 4.74 Å². The fourth-order valence-corrected chi connectivity index (χ4v) is 4.01. The van der Waals surface area contributed by atoms with E-state index in [1.165, 1.54) is 18.2 Å². The third-order valence-corrected chi connectivity index (χ3v) is 5.25. The number of hydrogen-bond acceptors (Lipinski definition) is 4. The molecule has 4 nitrogen and oxygen atoms in total. The molecule has 1 unspecified atom stereocenters. The summed E-state index contributed by atoms with van der Waals surface area (Å²) in [5.74, 6) is -2.92. The molecule has 156 valence electrons. The summed E-state index contributed by atoms with van der Waals surface area (Å²) in [7, 11) is 0. The molecular weight excluding hydrogens is 383 g/mol. The highest BCUT2D eigenvalue weighted by Crippen LogP contribution is 2.47. The molecule has 1 aromatic carbocycles. The molecule has 0 saturated carbocycles. The summed E-state index contributed by atoms with van der Waals surface area (Å²) in [5.41, 5.74) is 0.183. The van der Waals surface area contributed by atoms with Crippen molar-refractivity contribution in [2.75, 3.05) is 6.61 Å². The van der Waals surface area contributed by atoms with E-state index in [2.05, 4.69) is 4.99 Å². The summed E-state index contributed by atoms with van der Waals surface area (Å²) in [6.45, 7) is 5.51. The van der Waals surface area contributed by atoms with Crippen molar-refractivity contribution < 1.29 is 27.5 Å². The number of benzene rings is 1. The highest BCUT2D eigenvalue weighted by atomic mass is 19.4. The number of halogens is 3. The van der Waals surface area contributed by atoms with E-state index in [9.17, 15) is 22.8 Å². The van der Waals surface area contributed by atoms with E-state index in [1.807, 2.05) is 13.8 Å². The SMILES string of the molecule is CC1=NC2=C(C(=O)CCC2)[C@H](c2ccccc2C(F)(F)F)C1C(=O)OCC(C)C. The van der Waals surface area contributed by atoms with Crippen LogP contribution >= 0.6 is 0 Å². The number of alkyl halides is 3. The number of hydrogen-bond donors (Lipinski definition) is 0. The van der Waals surface area contributed by atoms with Crippen LogP contribution in [-0.2, 0) is 20.5 Å². The van der Waals surface area contributed by atoms with Crippen LogP contribution in [0, 0.1) is 11.8 Å². The van der Waals surface area contributed by atoms with E-state index in [0.717, 1.165) is 6.07 Å². The Hall–Kier alpha value is -2.44. The number of Topliss-reactive ketones (excluding diaryl/α,β-unsaturated/α-hetero) is 1. The quantitative estimate of drug-likeness (QED) is 0.654. The maximum Gasteiger partial charge on any atom is 0.416 e. The normalized spacial score (nSPS) is 22.4. The van der Waals surface area contributed by atoms with Gasteiger partial charge in [-0.1, -0.05) is 32.0 Å². The largest absolute Gasteiger partial charge is 0.465 e. The lowest BCUT2D eigenvalue weighted by Crippen LogP contribution is -2.38. The van der Waals surface area contributed by atoms with Gasteiger partial charge in [0.15, 0.2) is 5.78 Å². The van der Waals surface area contributed by atoms with E-state index in [0.29, 0.717) is 24.3 Å². The van der Waals surface area contributed by atoms with Crippen molar-refractivity contribution >= 4 is 17.5 Å². The fraction of sp³-hybridized carbons (Fsp3) is 0.500. The zero-order chi connectivity index (χ0) is 21.3. The maximum absolute atomic E-state index is 13.8. The number of ether oxygens (including phenoxy) is 1. The first-order valence-corrected chi connectivity index (χ1v) is 9.75. The summed E-state index contributed by atoms with van der Waals surface area (Å²) in [6.07, 6.45) is -3.25. The van der Waals surface area contributed by atoms with Crippen LogP contribution in [0.2, 0.25) is 0 Å². The van der Waals surface area contributed by atoms with Gasteiger partial charge in [0, 0.05) is 29.3 Å². The van der Waals surface area contributed by atoms with Gasteiger partial charge in [-0.25, -0.2) is 0 Å². The standard InChI is InChI=1S/C22H24F3NO3/c1-12(2)11-29-21(28)18-13(3)26-16-9-6-10-17(27)20(16)19(18)14-7-4-5-8-15(14)22(23,24)25/h4-5,7-8,12,18-19H,6,9-11H2,1-3H3/t18?,19-/m1/s1. The van der Waals surface area contributed by atoms with E-state index in [1.54, 1.807) is 6.92 Å². The highest BCUT2D eigenvalue weighted by Gasteiger charge is 2.46. The molecule has 1 aromatic rings. The molecule has 2 atom stereocenters. The van der Waals surface area contributed by atoms with Gasteiger partial charge in [-0.05, 0) is 37.3 Å². The Bertz CT molecular complexity index is 884. The Morgan fingerprint density at radius 2 is 1.93 bits per heavy atom. The number of aliphatic imine (C=N–C) groups is 1. The summed E-state index contributed by atoms with van der Waals surface area (Å²) in [5, 5.41) is 0. The molecule has 1 aliphatic carbocycles. The number of carbonyl (C=O) groups is 2. The summed E-state index contributed by atoms with van der Waals surface area (Å²) in [4.78, 5) is 30.1. The third kappa shape index (κ3) is 4.28. The monoisotopic (exact) mass is 407 g/mol. The zero-order valence-corrected chi connectivity index (χ0v) is 16.7. The second-order valence-electron chi connectivity index (χ2n) is 7.95. The summed E-state index contributed by atoms with van der Waals surface area (Å²) >= 11 is 0. The van der Waals surface area contributed by atoms with Gasteiger partial charge in [-0.15, -0.1) is 0 Å². The van der Waals surface area contributed by atoms with Gasteiger partial charge in [0.2, 0.25) is 0 Å². The van der Waals surface area contributed by atoms with Gasteiger partial charge in [-0.3, -0.25) is 14.6 Å². The van der Waals surface area contributed by atoms with Crippen LogP contribution in [0.15, 0.2) is 40.5 Å². The first-order chi connectivity index (χ1) is 13.6. The van der Waals surface area contributed by atoms with E-state index < -0.39 is 29.5 Å². The number of carbonyl (C=O) groups excluding carboxylic acids is 2. The molecule has 0 fully saturated rings. The Morgan fingerprint density at radius 1 is 1.24 bits per heavy atom. The Morgan fingerprint density at radius 3 is 2.59 bits per heavy atom. The third-order valence-electron chi connectivity index (χ3n) is 5.25. The lowest BCUT2D eigenvalue weighted by Gasteiger charge is -2.35. The number of esters is 1. The fourth-order valence-electron chi connectivity index (χ4n) is 4.01. The van der Waals surface area contributed by atoms with Gasteiger partial charge in [0.25, 0.3) is 0 Å². The molecule has 0 bridgehead atoms. The lowest BCUT2D eigenvalue weighted by molar-refractivity contribution is -0.148. The summed E-state index contributed by atoms with van der Waals surface area (Å²) < 4.78 is 46.6. The minimum Gasteiger partial charge on any atom is -0.465 e.